The summed E-state index contributed by atoms with van der Waals surface area (Å²) in [6.45, 7) is 0. The second-order valence-electron chi connectivity index (χ2n) is 13.6. The topological polar surface area (TPSA) is 180 Å². The van der Waals surface area contributed by atoms with Crippen molar-refractivity contribution in [1.82, 2.24) is 0 Å². The monoisotopic (exact) mass is 696 g/mol. The van der Waals surface area contributed by atoms with Crippen LogP contribution in [0.2, 0.25) is 0 Å². The van der Waals surface area contributed by atoms with Gasteiger partial charge in [0.1, 0.15) is 69.7 Å². The Labute approximate surface area is 296 Å². The molecule has 10 heteroatoms. The van der Waals surface area contributed by atoms with Gasteiger partial charge >= 0.3 is 0 Å². The molecule has 6 aromatic carbocycles. The second kappa shape index (κ2) is 11.4. The molecule has 2 heterocycles. The Morgan fingerprint density at radius 3 is 1.52 bits per heavy atom. The molecule has 8 N–H and O–H groups in total. The SMILES string of the molecule is Oc1ccc([C@@H]2Oc3cc4c5c(c3[C@H]2c2cc(O)cc(O)c2)C[C@@H](c2ccc(O)cc2O)c2c(O)cc(O)cc2[C@H]5[C@H](c2ccc(O)cc2)O4)cc1. The summed E-state index contributed by atoms with van der Waals surface area (Å²) in [6.07, 6.45) is -1.16. The zero-order chi connectivity index (χ0) is 36.0. The third-order valence-corrected chi connectivity index (χ3v) is 10.6. The van der Waals surface area contributed by atoms with Crippen LogP contribution >= 0.6 is 0 Å². The lowest BCUT2D eigenvalue weighted by Crippen LogP contribution is -2.14. The van der Waals surface area contributed by atoms with E-state index in [0.717, 1.165) is 27.8 Å². The highest BCUT2D eigenvalue weighted by Crippen LogP contribution is 2.63. The van der Waals surface area contributed by atoms with Crippen molar-refractivity contribution in [2.75, 3.05) is 0 Å². The van der Waals surface area contributed by atoms with Gasteiger partial charge in [-0.25, -0.2) is 0 Å². The van der Waals surface area contributed by atoms with Gasteiger partial charge in [0.15, 0.2) is 0 Å². The van der Waals surface area contributed by atoms with Crippen LogP contribution in [0.4, 0.5) is 0 Å². The molecule has 0 spiro atoms. The fourth-order valence-corrected chi connectivity index (χ4v) is 8.51. The Morgan fingerprint density at radius 2 is 0.923 bits per heavy atom. The highest BCUT2D eigenvalue weighted by atomic mass is 16.5. The smallest absolute Gasteiger partial charge is 0.135 e. The lowest BCUT2D eigenvalue weighted by atomic mass is 9.77. The summed E-state index contributed by atoms with van der Waals surface area (Å²) in [5.41, 5.74) is 5.73. The molecule has 0 radical (unpaired) electrons. The molecule has 0 aromatic heterocycles. The van der Waals surface area contributed by atoms with E-state index in [0.29, 0.717) is 33.8 Å². The van der Waals surface area contributed by atoms with Gasteiger partial charge in [-0.2, -0.15) is 0 Å². The van der Waals surface area contributed by atoms with Gasteiger partial charge in [0.2, 0.25) is 0 Å². The van der Waals surface area contributed by atoms with Crippen LogP contribution in [0.1, 0.15) is 80.0 Å². The van der Waals surface area contributed by atoms with Crippen LogP contribution in [0.5, 0.6) is 57.5 Å². The van der Waals surface area contributed by atoms with Gasteiger partial charge < -0.3 is 50.3 Å². The lowest BCUT2D eigenvalue weighted by Gasteiger charge is -2.25. The van der Waals surface area contributed by atoms with Gasteiger partial charge in [0, 0.05) is 52.4 Å². The Morgan fingerprint density at radius 1 is 0.404 bits per heavy atom. The van der Waals surface area contributed by atoms with Gasteiger partial charge in [0.25, 0.3) is 0 Å². The largest absolute Gasteiger partial charge is 0.508 e. The lowest BCUT2D eigenvalue weighted by molar-refractivity contribution is 0.212. The fourth-order valence-electron chi connectivity index (χ4n) is 8.51. The van der Waals surface area contributed by atoms with Gasteiger partial charge in [-0.1, -0.05) is 30.3 Å². The molecule has 0 fully saturated rings. The van der Waals surface area contributed by atoms with E-state index in [-0.39, 0.29) is 52.4 Å². The minimum atomic E-state index is -0.705. The Bertz CT molecular complexity index is 2380. The molecule has 52 heavy (non-hydrogen) atoms. The maximum Gasteiger partial charge on any atom is 0.135 e. The number of hydrogen-bond donors (Lipinski definition) is 8. The minimum Gasteiger partial charge on any atom is -0.508 e. The molecular weight excluding hydrogens is 664 g/mol. The number of rotatable bonds is 4. The zero-order valence-corrected chi connectivity index (χ0v) is 27.3. The minimum absolute atomic E-state index is 0.0734. The number of phenols is 8. The quantitative estimate of drug-likeness (QED) is 0.0917. The Hall–Kier alpha value is -6.68. The van der Waals surface area contributed by atoms with Crippen molar-refractivity contribution in [3.05, 3.63) is 153 Å². The molecule has 9 rings (SSSR count). The van der Waals surface area contributed by atoms with E-state index in [2.05, 4.69) is 0 Å². The molecule has 2 aliphatic heterocycles. The maximum atomic E-state index is 11.7. The van der Waals surface area contributed by atoms with Crippen molar-refractivity contribution in [2.45, 2.75) is 36.4 Å². The molecule has 0 bridgehead atoms. The normalized spacial score (nSPS) is 21.0. The van der Waals surface area contributed by atoms with E-state index in [4.69, 9.17) is 9.47 Å². The molecule has 10 nitrogen and oxygen atoms in total. The van der Waals surface area contributed by atoms with E-state index < -0.39 is 30.0 Å². The van der Waals surface area contributed by atoms with Crippen LogP contribution in [-0.4, -0.2) is 40.9 Å². The van der Waals surface area contributed by atoms with E-state index in [1.54, 1.807) is 72.8 Å². The van der Waals surface area contributed by atoms with Crippen molar-refractivity contribution in [3.8, 4) is 57.5 Å². The molecule has 3 aliphatic rings. The summed E-state index contributed by atoms with van der Waals surface area (Å²) >= 11 is 0. The predicted octanol–water partition coefficient (Wildman–Crippen LogP) is 7.55. The van der Waals surface area contributed by atoms with Crippen molar-refractivity contribution >= 4 is 0 Å². The first-order chi connectivity index (χ1) is 25.0. The van der Waals surface area contributed by atoms with Crippen LogP contribution in [-0.2, 0) is 6.42 Å². The summed E-state index contributed by atoms with van der Waals surface area (Å²) in [4.78, 5) is 0. The van der Waals surface area contributed by atoms with Crippen molar-refractivity contribution in [1.29, 1.82) is 0 Å². The summed E-state index contributed by atoms with van der Waals surface area (Å²) in [7, 11) is 0. The first-order valence-electron chi connectivity index (χ1n) is 16.8. The van der Waals surface area contributed by atoms with E-state index in [1.165, 1.54) is 24.3 Å². The molecule has 1 aliphatic carbocycles. The Kier molecular flexibility index (Phi) is 6.88. The highest BCUT2D eigenvalue weighted by Gasteiger charge is 2.49. The fraction of sp³-hybridized carbons (Fsp3) is 0.143. The van der Waals surface area contributed by atoms with E-state index >= 15 is 0 Å². The zero-order valence-electron chi connectivity index (χ0n) is 27.3. The van der Waals surface area contributed by atoms with E-state index in [1.807, 2.05) is 6.07 Å². The number of aromatic hydroxyl groups is 8. The van der Waals surface area contributed by atoms with Crippen LogP contribution < -0.4 is 9.47 Å². The molecule has 0 amide bonds. The number of phenolic OH excluding ortho intramolecular Hbond substituents is 8. The van der Waals surface area contributed by atoms with Crippen LogP contribution in [0.25, 0.3) is 0 Å². The third-order valence-electron chi connectivity index (χ3n) is 10.6. The third kappa shape index (κ3) is 4.86. The molecule has 5 atom stereocenters. The predicted molar refractivity (Wildman–Crippen MR) is 188 cm³/mol. The van der Waals surface area contributed by atoms with Crippen molar-refractivity contribution < 1.29 is 50.3 Å². The molecular formula is C42H32O10. The molecule has 6 aromatic rings. The molecule has 260 valence electrons. The summed E-state index contributed by atoms with van der Waals surface area (Å²) in [6, 6.07) is 26.6. The van der Waals surface area contributed by atoms with E-state index in [9.17, 15) is 40.9 Å². The summed E-state index contributed by atoms with van der Waals surface area (Å²) < 4.78 is 13.5. The number of hydrogen-bond acceptors (Lipinski definition) is 10. The Balaban J connectivity index is 1.36. The van der Waals surface area contributed by atoms with Crippen LogP contribution in [0, 0.1) is 0 Å². The van der Waals surface area contributed by atoms with Crippen molar-refractivity contribution in [3.63, 3.8) is 0 Å². The standard InChI is InChI=1S/C42H32O10/c43-22-5-1-19(2-6-22)41-36(21-11-25(46)13-26(47)12-21)38-31-17-29(28-10-9-24(45)15-32(28)49)37-30(14-27(48)16-33(37)50)40-39(31)35(18-34(38)51-41)52-42(40)20-3-7-23(44)8-4-20/h1-16,18,29,36,40-50H,17H2/t29-,36+,40+,41-,42-/m0/s1. The molecule has 0 unspecified atom stereocenters. The first-order valence-corrected chi connectivity index (χ1v) is 16.8. The van der Waals surface area contributed by atoms with Gasteiger partial charge in [-0.3, -0.25) is 0 Å². The average molecular weight is 697 g/mol. The van der Waals surface area contributed by atoms with Gasteiger partial charge in [-0.05, 0) is 82.8 Å². The maximum absolute atomic E-state index is 11.7. The number of benzene rings is 6. The molecule has 0 saturated carbocycles. The number of ether oxygens (including phenoxy) is 2. The second-order valence-corrected chi connectivity index (χ2v) is 13.6. The summed E-state index contributed by atoms with van der Waals surface area (Å²) in [5, 5.41) is 85.8. The van der Waals surface area contributed by atoms with Gasteiger partial charge in [0.05, 0.1) is 11.8 Å². The van der Waals surface area contributed by atoms with Gasteiger partial charge in [-0.15, -0.1) is 0 Å². The average Bonchev–Trinajstić information content (AvgIpc) is 3.62. The van der Waals surface area contributed by atoms with Crippen molar-refractivity contribution in [2.24, 2.45) is 0 Å². The van der Waals surface area contributed by atoms with Crippen LogP contribution in [0.15, 0.2) is 103 Å². The summed E-state index contributed by atoms with van der Waals surface area (Å²) in [5.74, 6) is -1.76. The first kappa shape index (κ1) is 31.3. The molecule has 0 saturated heterocycles. The highest BCUT2D eigenvalue weighted by molar-refractivity contribution is 5.69. The number of fused-ring (bicyclic) bond motifs is 4. The van der Waals surface area contributed by atoms with Crippen LogP contribution in [0.3, 0.4) is 0 Å².